The van der Waals surface area contributed by atoms with Gasteiger partial charge in [0.25, 0.3) is 0 Å². The molecule has 0 aliphatic heterocycles. The molecule has 1 rings (SSSR count). The Morgan fingerprint density at radius 3 is 2.26 bits per heavy atom. The van der Waals surface area contributed by atoms with E-state index in [1.54, 1.807) is 12.1 Å². The number of rotatable bonds is 7. The summed E-state index contributed by atoms with van der Waals surface area (Å²) in [7, 11) is -2.00. The Morgan fingerprint density at radius 1 is 1.16 bits per heavy atom. The highest BCUT2D eigenvalue weighted by atomic mass is 32.2. The van der Waals surface area contributed by atoms with Gasteiger partial charge < -0.3 is 5.32 Å². The first kappa shape index (κ1) is 16.0. The average Bonchev–Trinajstić information content (AvgIpc) is 2.40. The van der Waals surface area contributed by atoms with E-state index in [2.05, 4.69) is 30.8 Å². The van der Waals surface area contributed by atoms with Crippen molar-refractivity contribution >= 4 is 15.7 Å². The maximum atomic E-state index is 12.0. The fraction of sp³-hybridized carbons (Fsp3) is 0.571. The maximum Gasteiger partial charge on any atom is 0.242 e. The van der Waals surface area contributed by atoms with Crippen molar-refractivity contribution in [3.05, 3.63) is 24.3 Å². The Balaban J connectivity index is 3.03. The fourth-order valence-corrected chi connectivity index (χ4v) is 3.18. The lowest BCUT2D eigenvalue weighted by atomic mass is 9.95. The third-order valence-corrected chi connectivity index (χ3v) is 5.06. The van der Waals surface area contributed by atoms with Crippen LogP contribution in [0.3, 0.4) is 0 Å². The van der Waals surface area contributed by atoms with Gasteiger partial charge in [-0.1, -0.05) is 38.8 Å². The molecule has 0 bridgehead atoms. The molecule has 0 aromatic heterocycles. The minimum atomic E-state index is -3.43. The summed E-state index contributed by atoms with van der Waals surface area (Å²) in [5.74, 6) is 0.533. The summed E-state index contributed by atoms with van der Waals surface area (Å²) < 4.78 is 26.3. The topological polar surface area (TPSA) is 58.2 Å². The first-order valence-electron chi connectivity index (χ1n) is 6.75. The van der Waals surface area contributed by atoms with Crippen LogP contribution in [0.1, 0.15) is 33.6 Å². The molecule has 0 spiro atoms. The van der Waals surface area contributed by atoms with Crippen LogP contribution in [0.2, 0.25) is 0 Å². The summed E-state index contributed by atoms with van der Waals surface area (Å²) in [4.78, 5) is 0.301. The molecule has 0 saturated carbocycles. The van der Waals surface area contributed by atoms with Crippen LogP contribution < -0.4 is 10.0 Å². The molecule has 4 nitrogen and oxygen atoms in total. The molecule has 0 saturated heterocycles. The Bertz CT molecular complexity index is 496. The number of sulfonamides is 1. The quantitative estimate of drug-likeness (QED) is 0.809. The highest BCUT2D eigenvalue weighted by molar-refractivity contribution is 7.89. The van der Waals surface area contributed by atoms with Gasteiger partial charge >= 0.3 is 0 Å². The van der Waals surface area contributed by atoms with Gasteiger partial charge in [0.1, 0.15) is 4.90 Å². The smallest absolute Gasteiger partial charge is 0.242 e. The molecule has 1 aromatic carbocycles. The van der Waals surface area contributed by atoms with Gasteiger partial charge in [0, 0.05) is 6.04 Å². The second kappa shape index (κ2) is 6.91. The Labute approximate surface area is 116 Å². The van der Waals surface area contributed by atoms with E-state index in [-0.39, 0.29) is 6.04 Å². The van der Waals surface area contributed by atoms with Crippen LogP contribution in [-0.2, 0) is 10.0 Å². The van der Waals surface area contributed by atoms with Crippen LogP contribution in [0, 0.1) is 5.92 Å². The predicted octanol–water partition coefficient (Wildman–Crippen LogP) is 2.83. The third-order valence-electron chi connectivity index (χ3n) is 3.58. The Kier molecular flexibility index (Phi) is 5.82. The monoisotopic (exact) mass is 284 g/mol. The average molecular weight is 284 g/mol. The van der Waals surface area contributed by atoms with Crippen LogP contribution in [0.25, 0.3) is 0 Å². The van der Waals surface area contributed by atoms with E-state index < -0.39 is 10.0 Å². The Morgan fingerprint density at radius 2 is 1.74 bits per heavy atom. The molecular formula is C14H24N2O2S. The maximum absolute atomic E-state index is 12.0. The minimum absolute atomic E-state index is 0.239. The van der Waals surface area contributed by atoms with Gasteiger partial charge in [-0.25, -0.2) is 13.1 Å². The highest BCUT2D eigenvalue weighted by Gasteiger charge is 2.19. The van der Waals surface area contributed by atoms with E-state index in [1.807, 2.05) is 12.1 Å². The molecule has 0 aliphatic rings. The molecule has 1 aromatic rings. The van der Waals surface area contributed by atoms with Crippen LogP contribution in [-0.4, -0.2) is 21.5 Å². The third kappa shape index (κ3) is 3.94. The van der Waals surface area contributed by atoms with E-state index in [9.17, 15) is 8.42 Å². The predicted molar refractivity (Wildman–Crippen MR) is 79.8 cm³/mol. The van der Waals surface area contributed by atoms with Gasteiger partial charge in [-0.05, 0) is 32.0 Å². The van der Waals surface area contributed by atoms with Crippen molar-refractivity contribution in [2.45, 2.75) is 44.6 Å². The van der Waals surface area contributed by atoms with Gasteiger partial charge in [-0.2, -0.15) is 0 Å². The Hall–Kier alpha value is -1.07. The number of benzene rings is 1. The van der Waals surface area contributed by atoms with Crippen molar-refractivity contribution in [2.75, 3.05) is 12.4 Å². The van der Waals surface area contributed by atoms with Gasteiger partial charge in [0.05, 0.1) is 5.69 Å². The molecule has 5 heteroatoms. The summed E-state index contributed by atoms with van der Waals surface area (Å²) >= 11 is 0. The van der Waals surface area contributed by atoms with Crippen LogP contribution in [0.5, 0.6) is 0 Å². The van der Waals surface area contributed by atoms with E-state index in [4.69, 9.17) is 0 Å². The van der Waals surface area contributed by atoms with E-state index in [0.717, 1.165) is 12.8 Å². The first-order chi connectivity index (χ1) is 8.96. The van der Waals surface area contributed by atoms with Crippen molar-refractivity contribution in [3.63, 3.8) is 0 Å². The minimum Gasteiger partial charge on any atom is -0.381 e. The highest BCUT2D eigenvalue weighted by Crippen LogP contribution is 2.24. The molecule has 0 heterocycles. The molecule has 0 fully saturated rings. The number of nitrogens with one attached hydrogen (secondary N) is 2. The second-order valence-electron chi connectivity index (χ2n) is 4.71. The molecule has 19 heavy (non-hydrogen) atoms. The summed E-state index contributed by atoms with van der Waals surface area (Å²) in [6.45, 7) is 6.41. The molecule has 2 N–H and O–H groups in total. The zero-order chi connectivity index (χ0) is 14.5. The van der Waals surface area contributed by atoms with Gasteiger partial charge in [-0.3, -0.25) is 0 Å². The first-order valence-corrected chi connectivity index (χ1v) is 8.23. The molecule has 1 atom stereocenters. The summed E-state index contributed by atoms with van der Waals surface area (Å²) in [5, 5.41) is 3.33. The molecule has 1 unspecified atom stereocenters. The number of hydrogen-bond donors (Lipinski definition) is 2. The van der Waals surface area contributed by atoms with Crippen molar-refractivity contribution in [1.29, 1.82) is 0 Å². The van der Waals surface area contributed by atoms with Crippen LogP contribution in [0.4, 0.5) is 5.69 Å². The van der Waals surface area contributed by atoms with Crippen LogP contribution in [0.15, 0.2) is 29.2 Å². The summed E-state index contributed by atoms with van der Waals surface area (Å²) in [6, 6.07) is 7.24. The molecule has 0 radical (unpaired) electrons. The standard InChI is InChI=1S/C14H24N2O2S/c1-5-12(6-2)11(3)16-13-9-7-8-10-14(13)19(17,18)15-4/h7-12,15-16H,5-6H2,1-4H3. The SMILES string of the molecule is CCC(CC)C(C)Nc1ccccc1S(=O)(=O)NC. The molecule has 0 aliphatic carbocycles. The summed E-state index contributed by atoms with van der Waals surface area (Å²) in [5.41, 5.74) is 0.663. The van der Waals surface area contributed by atoms with Crippen molar-refractivity contribution < 1.29 is 8.42 Å². The van der Waals surface area contributed by atoms with Crippen molar-refractivity contribution in [2.24, 2.45) is 5.92 Å². The lowest BCUT2D eigenvalue weighted by Crippen LogP contribution is -2.27. The second-order valence-corrected chi connectivity index (χ2v) is 6.57. The van der Waals surface area contributed by atoms with Gasteiger partial charge in [-0.15, -0.1) is 0 Å². The lowest BCUT2D eigenvalue weighted by molar-refractivity contribution is 0.437. The largest absolute Gasteiger partial charge is 0.381 e. The van der Waals surface area contributed by atoms with Crippen molar-refractivity contribution in [1.82, 2.24) is 4.72 Å². The molecular weight excluding hydrogens is 260 g/mol. The zero-order valence-corrected chi connectivity index (χ0v) is 12.9. The molecule has 108 valence electrons. The number of anilines is 1. The lowest BCUT2D eigenvalue weighted by Gasteiger charge is -2.24. The normalized spacial score (nSPS) is 13.5. The molecule has 0 amide bonds. The van der Waals surface area contributed by atoms with Gasteiger partial charge in [0.2, 0.25) is 10.0 Å². The van der Waals surface area contributed by atoms with E-state index in [0.29, 0.717) is 16.5 Å². The summed E-state index contributed by atoms with van der Waals surface area (Å²) in [6.07, 6.45) is 2.15. The van der Waals surface area contributed by atoms with E-state index in [1.165, 1.54) is 7.05 Å². The fourth-order valence-electron chi connectivity index (χ4n) is 2.29. The number of hydrogen-bond acceptors (Lipinski definition) is 3. The van der Waals surface area contributed by atoms with E-state index >= 15 is 0 Å². The van der Waals surface area contributed by atoms with Crippen molar-refractivity contribution in [3.8, 4) is 0 Å². The van der Waals surface area contributed by atoms with Crippen LogP contribution >= 0.6 is 0 Å². The zero-order valence-electron chi connectivity index (χ0n) is 12.1. The number of para-hydroxylation sites is 1. The van der Waals surface area contributed by atoms with Gasteiger partial charge in [0.15, 0.2) is 0 Å².